The fraction of sp³-hybridized carbons (Fsp3) is 0.273. The van der Waals surface area contributed by atoms with Crippen LogP contribution in [0.4, 0.5) is 4.39 Å². The first-order valence-electron chi connectivity index (χ1n) is 9.23. The van der Waals surface area contributed by atoms with Crippen LogP contribution in [-0.2, 0) is 10.5 Å². The molecule has 0 aromatic heterocycles. The smallest absolute Gasteiger partial charge is 0.231 e. The highest BCUT2D eigenvalue weighted by molar-refractivity contribution is 8.03. The van der Waals surface area contributed by atoms with E-state index in [1.807, 2.05) is 0 Å². The summed E-state index contributed by atoms with van der Waals surface area (Å²) in [4.78, 5) is 14.4. The molecule has 2 heterocycles. The standard InChI is InChI=1S/C22H19FN2O4S/c1-28-18-7-6-14(9-19(18)29-2)22(27)12-30-21-17(11-24)16(10-20(26)25(21)22)13-4-3-5-15(23)8-13/h3-9,16,27H,10,12H2,1-2H3/t16-,22+/m1/s1. The molecule has 2 aromatic carbocycles. The number of aliphatic hydroxyl groups is 1. The fourth-order valence-electron chi connectivity index (χ4n) is 3.93. The van der Waals surface area contributed by atoms with Crippen LogP contribution in [0.25, 0.3) is 0 Å². The number of carbonyl (C=O) groups is 1. The van der Waals surface area contributed by atoms with Gasteiger partial charge >= 0.3 is 0 Å². The van der Waals surface area contributed by atoms with Crippen LogP contribution in [0.2, 0.25) is 0 Å². The Hall–Kier alpha value is -3.02. The molecule has 0 radical (unpaired) electrons. The van der Waals surface area contributed by atoms with Gasteiger partial charge in [-0.2, -0.15) is 5.26 Å². The highest BCUT2D eigenvalue weighted by Crippen LogP contribution is 2.52. The zero-order chi connectivity index (χ0) is 21.5. The molecule has 1 amide bonds. The van der Waals surface area contributed by atoms with Crippen LogP contribution in [0.1, 0.15) is 23.5 Å². The molecule has 0 unspecified atom stereocenters. The number of thioether (sulfide) groups is 1. The molecule has 4 rings (SSSR count). The van der Waals surface area contributed by atoms with Crippen molar-refractivity contribution in [3.05, 3.63) is 70.0 Å². The van der Waals surface area contributed by atoms with E-state index in [0.29, 0.717) is 33.2 Å². The Morgan fingerprint density at radius 2 is 2.00 bits per heavy atom. The Bertz CT molecular complexity index is 1100. The van der Waals surface area contributed by atoms with Crippen molar-refractivity contribution in [2.75, 3.05) is 20.0 Å². The molecule has 0 spiro atoms. The van der Waals surface area contributed by atoms with Gasteiger partial charge in [0.1, 0.15) is 5.82 Å². The van der Waals surface area contributed by atoms with Crippen molar-refractivity contribution < 1.29 is 23.8 Å². The van der Waals surface area contributed by atoms with Crippen LogP contribution in [0, 0.1) is 17.1 Å². The first-order valence-corrected chi connectivity index (χ1v) is 10.2. The lowest BCUT2D eigenvalue weighted by Crippen LogP contribution is -2.48. The number of ether oxygens (including phenoxy) is 2. The molecule has 2 atom stereocenters. The third kappa shape index (κ3) is 3.11. The van der Waals surface area contributed by atoms with Gasteiger partial charge in [-0.05, 0) is 29.8 Å². The molecular formula is C22H19FN2O4S. The summed E-state index contributed by atoms with van der Waals surface area (Å²) in [7, 11) is 3.00. The van der Waals surface area contributed by atoms with Crippen molar-refractivity contribution in [2.45, 2.75) is 18.1 Å². The zero-order valence-electron chi connectivity index (χ0n) is 16.4. The summed E-state index contributed by atoms with van der Waals surface area (Å²) in [6.07, 6.45) is -0.0357. The van der Waals surface area contributed by atoms with E-state index in [1.165, 1.54) is 43.0 Å². The Morgan fingerprint density at radius 1 is 1.23 bits per heavy atom. The monoisotopic (exact) mass is 426 g/mol. The summed E-state index contributed by atoms with van der Waals surface area (Å²) in [6, 6.07) is 13.1. The van der Waals surface area contributed by atoms with Crippen LogP contribution in [0.3, 0.4) is 0 Å². The minimum Gasteiger partial charge on any atom is -0.493 e. The number of amides is 1. The number of carbonyl (C=O) groups excluding carboxylic acids is 1. The maximum absolute atomic E-state index is 13.7. The van der Waals surface area contributed by atoms with Gasteiger partial charge in [-0.15, -0.1) is 11.8 Å². The van der Waals surface area contributed by atoms with Gasteiger partial charge in [0.05, 0.1) is 36.6 Å². The van der Waals surface area contributed by atoms with Crippen molar-refractivity contribution in [1.82, 2.24) is 4.90 Å². The second kappa shape index (κ2) is 7.67. The summed E-state index contributed by atoms with van der Waals surface area (Å²) >= 11 is 1.24. The molecule has 2 aromatic rings. The van der Waals surface area contributed by atoms with E-state index in [0.717, 1.165) is 0 Å². The quantitative estimate of drug-likeness (QED) is 0.806. The highest BCUT2D eigenvalue weighted by Gasteiger charge is 2.52. The van der Waals surface area contributed by atoms with Crippen molar-refractivity contribution in [3.63, 3.8) is 0 Å². The van der Waals surface area contributed by atoms with Crippen LogP contribution in [0.5, 0.6) is 11.5 Å². The Kier molecular flexibility index (Phi) is 5.18. The van der Waals surface area contributed by atoms with E-state index in [-0.39, 0.29) is 18.1 Å². The third-order valence-electron chi connectivity index (χ3n) is 5.41. The van der Waals surface area contributed by atoms with E-state index >= 15 is 0 Å². The molecule has 0 aliphatic carbocycles. The van der Waals surface area contributed by atoms with E-state index in [4.69, 9.17) is 9.47 Å². The van der Waals surface area contributed by atoms with E-state index in [1.54, 1.807) is 30.3 Å². The lowest BCUT2D eigenvalue weighted by molar-refractivity contribution is -0.149. The Labute approximate surface area is 177 Å². The molecule has 30 heavy (non-hydrogen) atoms. The summed E-state index contributed by atoms with van der Waals surface area (Å²) in [5, 5.41) is 21.8. The van der Waals surface area contributed by atoms with Gasteiger partial charge in [0, 0.05) is 17.9 Å². The van der Waals surface area contributed by atoms with Gasteiger partial charge in [-0.1, -0.05) is 18.2 Å². The summed E-state index contributed by atoms with van der Waals surface area (Å²) in [6.45, 7) is 0. The van der Waals surface area contributed by atoms with E-state index in [9.17, 15) is 19.6 Å². The number of hydrogen-bond donors (Lipinski definition) is 1. The SMILES string of the molecule is COc1ccc([C@@]2(O)CSC3=C(C#N)[C@@H](c4cccc(F)c4)CC(=O)N32)cc1OC. The van der Waals surface area contributed by atoms with Gasteiger partial charge in [-0.3, -0.25) is 9.69 Å². The molecule has 0 saturated carbocycles. The second-order valence-corrected chi connectivity index (χ2v) is 8.01. The molecule has 6 nitrogen and oxygen atoms in total. The summed E-state index contributed by atoms with van der Waals surface area (Å²) in [5.74, 6) is -0.227. The molecule has 1 saturated heterocycles. The van der Waals surface area contributed by atoms with Gasteiger partial charge < -0.3 is 14.6 Å². The number of fused-ring (bicyclic) bond motifs is 1. The lowest BCUT2D eigenvalue weighted by atomic mass is 9.85. The fourth-order valence-corrected chi connectivity index (χ4v) is 5.29. The Balaban J connectivity index is 1.80. The number of nitriles is 1. The van der Waals surface area contributed by atoms with Gasteiger partial charge in [0.15, 0.2) is 17.2 Å². The van der Waals surface area contributed by atoms with E-state index < -0.39 is 17.5 Å². The minimum absolute atomic E-state index is 0.0357. The first kappa shape index (κ1) is 20.3. The number of methoxy groups -OCH3 is 2. The largest absolute Gasteiger partial charge is 0.493 e. The van der Waals surface area contributed by atoms with Gasteiger partial charge in [0.25, 0.3) is 0 Å². The predicted octanol–water partition coefficient (Wildman–Crippen LogP) is 3.49. The van der Waals surface area contributed by atoms with Crippen molar-refractivity contribution in [1.29, 1.82) is 5.26 Å². The molecule has 1 fully saturated rings. The average molecular weight is 426 g/mol. The van der Waals surface area contributed by atoms with Crippen molar-refractivity contribution >= 4 is 17.7 Å². The normalized spacial score (nSPS) is 23.2. The number of allylic oxidation sites excluding steroid dienone is 1. The molecule has 154 valence electrons. The van der Waals surface area contributed by atoms with Crippen LogP contribution in [0.15, 0.2) is 53.1 Å². The molecule has 8 heteroatoms. The number of benzene rings is 2. The van der Waals surface area contributed by atoms with Crippen LogP contribution < -0.4 is 9.47 Å². The highest BCUT2D eigenvalue weighted by atomic mass is 32.2. The van der Waals surface area contributed by atoms with Crippen molar-refractivity contribution in [3.8, 4) is 17.6 Å². The van der Waals surface area contributed by atoms with E-state index in [2.05, 4.69) is 6.07 Å². The van der Waals surface area contributed by atoms with Crippen molar-refractivity contribution in [2.24, 2.45) is 0 Å². The number of rotatable bonds is 4. The molecule has 1 N–H and O–H groups in total. The minimum atomic E-state index is -1.63. The maximum atomic E-state index is 13.7. The number of nitrogens with zero attached hydrogens (tertiary/aromatic N) is 2. The number of halogens is 1. The third-order valence-corrected chi connectivity index (χ3v) is 6.63. The Morgan fingerprint density at radius 3 is 2.67 bits per heavy atom. The molecule has 2 aliphatic heterocycles. The predicted molar refractivity (Wildman–Crippen MR) is 109 cm³/mol. The van der Waals surface area contributed by atoms with Gasteiger partial charge in [0.2, 0.25) is 5.91 Å². The van der Waals surface area contributed by atoms with Crippen LogP contribution in [-0.4, -0.2) is 35.9 Å². The lowest BCUT2D eigenvalue weighted by Gasteiger charge is -2.38. The van der Waals surface area contributed by atoms with Gasteiger partial charge in [-0.25, -0.2) is 4.39 Å². The zero-order valence-corrected chi connectivity index (χ0v) is 17.2. The average Bonchev–Trinajstić information content (AvgIpc) is 3.12. The molecule has 2 aliphatic rings. The first-order chi connectivity index (χ1) is 14.4. The topological polar surface area (TPSA) is 82.8 Å². The summed E-state index contributed by atoms with van der Waals surface area (Å²) < 4.78 is 24.3. The molecular weight excluding hydrogens is 407 g/mol. The maximum Gasteiger partial charge on any atom is 0.231 e. The molecule has 0 bridgehead atoms. The number of hydrogen-bond acceptors (Lipinski definition) is 6. The van der Waals surface area contributed by atoms with Crippen LogP contribution >= 0.6 is 11.8 Å². The summed E-state index contributed by atoms with van der Waals surface area (Å²) in [5.41, 5.74) is -0.264. The second-order valence-electron chi connectivity index (χ2n) is 7.05.